The number of thiophene rings is 1. The minimum atomic E-state index is 0.00755. The summed E-state index contributed by atoms with van der Waals surface area (Å²) in [6.45, 7) is 4.61. The quantitative estimate of drug-likeness (QED) is 0.862. The Balaban J connectivity index is 1.25. The van der Waals surface area contributed by atoms with Crippen molar-refractivity contribution in [2.75, 3.05) is 26.2 Å². The molecule has 2 aliphatic rings. The average Bonchev–Trinajstić information content (AvgIpc) is 3.28. The van der Waals surface area contributed by atoms with Gasteiger partial charge in [-0.2, -0.15) is 11.3 Å². The molecule has 2 aliphatic heterocycles. The van der Waals surface area contributed by atoms with E-state index in [1.165, 1.54) is 5.56 Å². The van der Waals surface area contributed by atoms with Crippen LogP contribution in [0.2, 0.25) is 0 Å². The van der Waals surface area contributed by atoms with Crippen LogP contribution in [0.3, 0.4) is 0 Å². The number of rotatable bonds is 6. The molecule has 4 rings (SSSR count). The lowest BCUT2D eigenvalue weighted by atomic mass is 9.79. The van der Waals surface area contributed by atoms with Crippen LogP contribution in [0.5, 0.6) is 0 Å². The molecule has 2 aromatic rings. The van der Waals surface area contributed by atoms with Crippen molar-refractivity contribution in [3.8, 4) is 0 Å². The predicted octanol–water partition coefficient (Wildman–Crippen LogP) is 2.50. The van der Waals surface area contributed by atoms with E-state index in [1.54, 1.807) is 11.3 Å². The normalized spacial score (nSPS) is 22.2. The first-order chi connectivity index (χ1) is 12.2. The Morgan fingerprint density at radius 1 is 1.44 bits per heavy atom. The highest BCUT2D eigenvalue weighted by Gasteiger charge is 2.52. The summed E-state index contributed by atoms with van der Waals surface area (Å²) in [4.78, 5) is 14.7. The number of hydrogen-bond donors (Lipinski definition) is 1. The van der Waals surface area contributed by atoms with E-state index < -0.39 is 0 Å². The van der Waals surface area contributed by atoms with Crippen molar-refractivity contribution < 1.29 is 9.53 Å². The van der Waals surface area contributed by atoms with Crippen LogP contribution < -0.4 is 5.32 Å². The van der Waals surface area contributed by atoms with E-state index in [9.17, 15) is 4.79 Å². The van der Waals surface area contributed by atoms with E-state index >= 15 is 0 Å². The van der Waals surface area contributed by atoms with E-state index in [-0.39, 0.29) is 11.5 Å². The van der Waals surface area contributed by atoms with Crippen molar-refractivity contribution in [3.05, 3.63) is 46.4 Å². The van der Waals surface area contributed by atoms with Gasteiger partial charge in [-0.3, -0.25) is 9.69 Å². The summed E-state index contributed by atoms with van der Waals surface area (Å²) in [6, 6.07) is 5.94. The Kier molecular flexibility index (Phi) is 4.67. The lowest BCUT2D eigenvalue weighted by molar-refractivity contribution is -0.136. The van der Waals surface area contributed by atoms with Gasteiger partial charge in [-0.05, 0) is 53.3 Å². The molecule has 25 heavy (non-hydrogen) atoms. The van der Waals surface area contributed by atoms with Crippen LogP contribution in [-0.4, -0.2) is 47.2 Å². The lowest BCUT2D eigenvalue weighted by Gasteiger charge is -2.50. The molecule has 1 spiro atoms. The van der Waals surface area contributed by atoms with Crippen LogP contribution in [0.15, 0.2) is 35.2 Å². The van der Waals surface area contributed by atoms with Crippen molar-refractivity contribution in [3.63, 3.8) is 0 Å². The molecule has 2 aromatic heterocycles. The minimum Gasteiger partial charge on any atom is -0.372 e. The van der Waals surface area contributed by atoms with Gasteiger partial charge in [0.25, 0.3) is 5.91 Å². The average molecular weight is 359 g/mol. The van der Waals surface area contributed by atoms with Gasteiger partial charge in [-0.25, -0.2) is 0 Å². The molecule has 1 atom stereocenters. The van der Waals surface area contributed by atoms with Crippen molar-refractivity contribution >= 4 is 17.2 Å². The maximum atomic E-state index is 12.2. The van der Waals surface area contributed by atoms with Crippen LogP contribution in [0.1, 0.15) is 28.9 Å². The summed E-state index contributed by atoms with van der Waals surface area (Å²) in [5.41, 5.74) is 2.12. The number of amides is 1. The molecule has 134 valence electrons. The zero-order valence-corrected chi connectivity index (χ0v) is 15.4. The molecule has 2 fully saturated rings. The molecule has 0 aromatic carbocycles. The number of ether oxygens (including phenoxy) is 1. The zero-order valence-electron chi connectivity index (χ0n) is 14.6. The Hall–Kier alpha value is -1.63. The van der Waals surface area contributed by atoms with Crippen LogP contribution in [-0.2, 0) is 18.3 Å². The van der Waals surface area contributed by atoms with Gasteiger partial charge in [-0.15, -0.1) is 0 Å². The standard InChI is InChI=1S/C19H25N3O2S/c1-21-8-2-3-17(21)18(23)20-7-4-16-5-9-24-19(16)13-22(14-19)11-15-6-10-25-12-15/h2-3,6,8,10,12,16H,4-5,7,9,11,13-14H2,1H3,(H,20,23)/t16-/m0/s1. The van der Waals surface area contributed by atoms with Gasteiger partial charge < -0.3 is 14.6 Å². The molecule has 1 N–H and O–H groups in total. The number of hydrogen-bond acceptors (Lipinski definition) is 4. The molecule has 1 amide bonds. The van der Waals surface area contributed by atoms with Gasteiger partial charge in [-0.1, -0.05) is 0 Å². The Morgan fingerprint density at radius 3 is 3.04 bits per heavy atom. The second kappa shape index (κ2) is 6.94. The Bertz CT molecular complexity index is 719. The molecule has 6 heteroatoms. The number of aryl methyl sites for hydroxylation is 1. The van der Waals surface area contributed by atoms with Gasteiger partial charge in [0, 0.05) is 46.0 Å². The van der Waals surface area contributed by atoms with Crippen molar-refractivity contribution in [2.45, 2.75) is 25.0 Å². The predicted molar refractivity (Wildman–Crippen MR) is 98.7 cm³/mol. The fourth-order valence-electron chi connectivity index (χ4n) is 4.15. The van der Waals surface area contributed by atoms with Crippen molar-refractivity contribution in [2.24, 2.45) is 13.0 Å². The van der Waals surface area contributed by atoms with E-state index in [0.29, 0.717) is 18.2 Å². The molecular formula is C19H25N3O2S. The monoisotopic (exact) mass is 359 g/mol. The first-order valence-corrected chi connectivity index (χ1v) is 9.87. The molecule has 5 nitrogen and oxygen atoms in total. The molecule has 0 aliphatic carbocycles. The van der Waals surface area contributed by atoms with Crippen molar-refractivity contribution in [1.29, 1.82) is 0 Å². The molecule has 0 radical (unpaired) electrons. The smallest absolute Gasteiger partial charge is 0.267 e. The fraction of sp³-hybridized carbons (Fsp3) is 0.526. The SMILES string of the molecule is Cn1cccc1C(=O)NCC[C@H]1CCOC12CN(Cc1ccsc1)C2. The van der Waals surface area contributed by atoms with Gasteiger partial charge in [0.2, 0.25) is 0 Å². The van der Waals surface area contributed by atoms with Crippen LogP contribution >= 0.6 is 11.3 Å². The zero-order chi connectivity index (χ0) is 17.3. The second-order valence-electron chi connectivity index (χ2n) is 7.22. The Labute approximate surface area is 152 Å². The topological polar surface area (TPSA) is 46.5 Å². The number of nitrogens with one attached hydrogen (secondary N) is 1. The first kappa shape index (κ1) is 16.8. The van der Waals surface area contributed by atoms with Gasteiger partial charge in [0.1, 0.15) is 5.69 Å². The number of aromatic nitrogens is 1. The molecule has 0 unspecified atom stereocenters. The summed E-state index contributed by atoms with van der Waals surface area (Å²) < 4.78 is 7.98. The van der Waals surface area contributed by atoms with E-state index in [2.05, 4.69) is 27.0 Å². The molecule has 0 saturated carbocycles. The highest BCUT2D eigenvalue weighted by atomic mass is 32.1. The summed E-state index contributed by atoms with van der Waals surface area (Å²) in [7, 11) is 1.89. The third kappa shape index (κ3) is 3.38. The lowest BCUT2D eigenvalue weighted by Crippen LogP contribution is -2.64. The summed E-state index contributed by atoms with van der Waals surface area (Å²) in [6.07, 6.45) is 3.99. The van der Waals surface area contributed by atoms with E-state index in [0.717, 1.165) is 39.1 Å². The van der Waals surface area contributed by atoms with E-state index in [4.69, 9.17) is 4.74 Å². The highest BCUT2D eigenvalue weighted by molar-refractivity contribution is 7.07. The number of likely N-dealkylation sites (tertiary alicyclic amines) is 1. The summed E-state index contributed by atoms with van der Waals surface area (Å²) in [5, 5.41) is 7.41. The maximum Gasteiger partial charge on any atom is 0.267 e. The summed E-state index contributed by atoms with van der Waals surface area (Å²) >= 11 is 1.75. The first-order valence-electron chi connectivity index (χ1n) is 8.93. The fourth-order valence-corrected chi connectivity index (χ4v) is 4.81. The Morgan fingerprint density at radius 2 is 2.32 bits per heavy atom. The number of nitrogens with zero attached hydrogens (tertiary/aromatic N) is 2. The number of carbonyl (C=O) groups excluding carboxylic acids is 1. The van der Waals surface area contributed by atoms with Gasteiger partial charge in [0.05, 0.1) is 5.60 Å². The van der Waals surface area contributed by atoms with Crippen LogP contribution in [0, 0.1) is 5.92 Å². The third-order valence-corrected chi connectivity index (χ3v) is 6.26. The van der Waals surface area contributed by atoms with Crippen molar-refractivity contribution in [1.82, 2.24) is 14.8 Å². The van der Waals surface area contributed by atoms with Gasteiger partial charge in [0.15, 0.2) is 0 Å². The van der Waals surface area contributed by atoms with Crippen LogP contribution in [0.25, 0.3) is 0 Å². The summed E-state index contributed by atoms with van der Waals surface area (Å²) in [5.74, 6) is 0.549. The largest absolute Gasteiger partial charge is 0.372 e. The maximum absolute atomic E-state index is 12.2. The molecule has 4 heterocycles. The molecule has 2 saturated heterocycles. The van der Waals surface area contributed by atoms with Gasteiger partial charge >= 0.3 is 0 Å². The van der Waals surface area contributed by atoms with Crippen LogP contribution in [0.4, 0.5) is 0 Å². The second-order valence-corrected chi connectivity index (χ2v) is 8.00. The van der Waals surface area contributed by atoms with E-state index in [1.807, 2.05) is 29.9 Å². The molecule has 0 bridgehead atoms. The minimum absolute atomic E-state index is 0.00755. The third-order valence-electron chi connectivity index (χ3n) is 5.52. The number of carbonyl (C=O) groups is 1. The highest BCUT2D eigenvalue weighted by Crippen LogP contribution is 2.42. The molecular weight excluding hydrogens is 334 g/mol.